The highest BCUT2D eigenvalue weighted by Gasteiger charge is 2.42. The molecule has 0 saturated carbocycles. The molecule has 0 spiro atoms. The molecule has 4 heteroatoms. The minimum Gasteiger partial charge on any atom is -0.144 e. The molecule has 0 unspecified atom stereocenters. The van der Waals surface area contributed by atoms with Crippen molar-refractivity contribution in [2.45, 2.75) is 91.7 Å². The molecule has 2 aromatic heterocycles. The first-order valence-corrected chi connectivity index (χ1v) is 23.7. The SMILES string of the molecule is Cc1ccc(C2=C/C(=C3\C=C(c4ccc(C)cc4)c4cc([Si](C)(C)C(C)(C)C)sc43)c3sc([Si](C)(C)C(C)(C)C)cc32)cc1. The predicted octanol–water partition coefficient (Wildman–Crippen LogP) is 11.7. The van der Waals surface area contributed by atoms with Crippen LogP contribution in [-0.2, 0) is 0 Å². The van der Waals surface area contributed by atoms with Gasteiger partial charge in [-0.2, -0.15) is 0 Å². The van der Waals surface area contributed by atoms with Gasteiger partial charge >= 0.3 is 0 Å². The van der Waals surface area contributed by atoms with Gasteiger partial charge in [0, 0.05) is 32.0 Å². The Labute approximate surface area is 276 Å². The Hall–Kier alpha value is -2.51. The molecule has 0 atom stereocenters. The smallest absolute Gasteiger partial charge is 0.0987 e. The van der Waals surface area contributed by atoms with E-state index in [0.717, 1.165) is 0 Å². The maximum absolute atomic E-state index is 2.58. The minimum absolute atomic E-state index is 0.289. The topological polar surface area (TPSA) is 0 Å². The molecule has 0 nitrogen and oxygen atoms in total. The molecule has 0 bridgehead atoms. The Morgan fingerprint density at radius 2 is 0.818 bits per heavy atom. The van der Waals surface area contributed by atoms with Crippen molar-refractivity contribution >= 4 is 70.1 Å². The molecule has 2 aromatic carbocycles. The van der Waals surface area contributed by atoms with Crippen LogP contribution in [0.4, 0.5) is 0 Å². The summed E-state index contributed by atoms with van der Waals surface area (Å²) in [4.78, 5) is 2.93. The largest absolute Gasteiger partial charge is 0.144 e. The number of hydrogen-bond donors (Lipinski definition) is 0. The molecule has 228 valence electrons. The van der Waals surface area contributed by atoms with Gasteiger partial charge in [-0.3, -0.25) is 0 Å². The van der Waals surface area contributed by atoms with E-state index in [1.807, 2.05) is 0 Å². The molecule has 44 heavy (non-hydrogen) atoms. The first-order chi connectivity index (χ1) is 20.4. The molecular weight excluding hydrogens is 601 g/mol. The van der Waals surface area contributed by atoms with Crippen LogP contribution in [-0.4, -0.2) is 16.1 Å². The van der Waals surface area contributed by atoms with Crippen molar-refractivity contribution in [2.24, 2.45) is 0 Å². The van der Waals surface area contributed by atoms with E-state index in [9.17, 15) is 0 Å². The van der Waals surface area contributed by atoms with E-state index in [-0.39, 0.29) is 10.1 Å². The van der Waals surface area contributed by atoms with Crippen molar-refractivity contribution in [1.82, 2.24) is 0 Å². The third-order valence-corrected chi connectivity index (χ3v) is 27.0. The average Bonchev–Trinajstić information content (AvgIpc) is 3.69. The highest BCUT2D eigenvalue weighted by Crippen LogP contribution is 2.52. The maximum Gasteiger partial charge on any atom is 0.0987 e. The summed E-state index contributed by atoms with van der Waals surface area (Å²) in [7, 11) is -3.41. The van der Waals surface area contributed by atoms with Gasteiger partial charge in [0.1, 0.15) is 0 Å². The number of fused-ring (bicyclic) bond motifs is 2. The first-order valence-electron chi connectivity index (χ1n) is 16.0. The summed E-state index contributed by atoms with van der Waals surface area (Å²) in [5, 5.41) is 0.578. The van der Waals surface area contributed by atoms with Gasteiger partial charge in [0.2, 0.25) is 0 Å². The van der Waals surface area contributed by atoms with E-state index in [1.54, 1.807) is 9.00 Å². The number of benzene rings is 2. The molecule has 0 saturated heterocycles. The van der Waals surface area contributed by atoms with Gasteiger partial charge < -0.3 is 0 Å². The van der Waals surface area contributed by atoms with Crippen LogP contribution in [0.15, 0.2) is 72.8 Å². The summed E-state index contributed by atoms with van der Waals surface area (Å²) in [5.41, 5.74) is 13.7. The summed E-state index contributed by atoms with van der Waals surface area (Å²) in [6.45, 7) is 29.2. The van der Waals surface area contributed by atoms with Crippen LogP contribution in [0.5, 0.6) is 0 Å². The van der Waals surface area contributed by atoms with Crippen molar-refractivity contribution in [2.75, 3.05) is 0 Å². The molecule has 0 aliphatic heterocycles. The Kier molecular flexibility index (Phi) is 7.52. The molecule has 0 radical (unpaired) electrons. The summed E-state index contributed by atoms with van der Waals surface area (Å²) in [6, 6.07) is 23.5. The lowest BCUT2D eigenvalue weighted by Crippen LogP contribution is -2.47. The first kappa shape index (κ1) is 31.5. The Balaban J connectivity index is 1.64. The highest BCUT2D eigenvalue weighted by molar-refractivity contribution is 7.29. The van der Waals surface area contributed by atoms with E-state index in [1.165, 1.54) is 65.4 Å². The Bertz CT molecular complexity index is 1720. The lowest BCUT2D eigenvalue weighted by molar-refractivity contribution is 0.730. The number of aryl methyl sites for hydroxylation is 2. The summed E-state index contributed by atoms with van der Waals surface area (Å²) >= 11 is 4.16. The third-order valence-electron chi connectivity index (χ3n) is 11.1. The lowest BCUT2D eigenvalue weighted by atomic mass is 10.0. The predicted molar refractivity (Wildman–Crippen MR) is 206 cm³/mol. The molecule has 0 amide bonds. The number of hydrogen-bond acceptors (Lipinski definition) is 2. The standard InChI is InChI=1S/C40H48S2Si2/c1-25-13-17-27(18-14-25)29-21-31(37-33(29)23-35(41-37)43(9,10)39(3,4)5)32-22-30(28-19-15-26(2)16-20-28)34-24-36(42-38(32)34)44(11,12)40(6,7)8/h13-24H,1-12H3/b32-31-. The maximum atomic E-state index is 2.58. The van der Waals surface area contributed by atoms with Crippen LogP contribution >= 0.6 is 22.7 Å². The van der Waals surface area contributed by atoms with E-state index in [2.05, 4.69) is 177 Å². The van der Waals surface area contributed by atoms with Crippen LogP contribution in [0.2, 0.25) is 36.3 Å². The van der Waals surface area contributed by atoms with Crippen molar-refractivity contribution in [3.05, 3.63) is 116 Å². The molecule has 2 aliphatic rings. The molecule has 6 rings (SSSR count). The third kappa shape index (κ3) is 5.06. The monoisotopic (exact) mass is 648 g/mol. The molecule has 0 fully saturated rings. The number of rotatable bonds is 4. The lowest BCUT2D eigenvalue weighted by Gasteiger charge is -2.36. The van der Waals surface area contributed by atoms with Crippen molar-refractivity contribution in [1.29, 1.82) is 0 Å². The van der Waals surface area contributed by atoms with Gasteiger partial charge in [-0.25, -0.2) is 0 Å². The summed E-state index contributed by atoms with van der Waals surface area (Å²) in [6.07, 6.45) is 5.03. The van der Waals surface area contributed by atoms with Gasteiger partial charge in [-0.1, -0.05) is 127 Å². The van der Waals surface area contributed by atoms with Crippen molar-refractivity contribution < 1.29 is 0 Å². The highest BCUT2D eigenvalue weighted by atomic mass is 32.1. The van der Waals surface area contributed by atoms with Gasteiger partial charge in [0.25, 0.3) is 0 Å². The van der Waals surface area contributed by atoms with E-state index in [0.29, 0.717) is 0 Å². The molecule has 2 aliphatic carbocycles. The van der Waals surface area contributed by atoms with Crippen LogP contribution in [0.1, 0.15) is 84.7 Å². The Morgan fingerprint density at radius 3 is 1.11 bits per heavy atom. The second kappa shape index (κ2) is 10.5. The normalized spacial score (nSPS) is 17.1. The fourth-order valence-electron chi connectivity index (χ4n) is 5.86. The van der Waals surface area contributed by atoms with Gasteiger partial charge in [0.15, 0.2) is 0 Å². The van der Waals surface area contributed by atoms with Gasteiger partial charge in [-0.05, 0) is 79.5 Å². The number of allylic oxidation sites excluding steroid dienone is 4. The van der Waals surface area contributed by atoms with Gasteiger partial charge in [-0.15, -0.1) is 22.7 Å². The van der Waals surface area contributed by atoms with Crippen molar-refractivity contribution in [3.8, 4) is 0 Å². The second-order valence-electron chi connectivity index (χ2n) is 16.1. The zero-order chi connectivity index (χ0) is 32.0. The number of thiophene rings is 2. The second-order valence-corrected chi connectivity index (χ2v) is 29.5. The molecular formula is C40H48S2Si2. The fourth-order valence-corrected chi connectivity index (χ4v) is 14.7. The van der Waals surface area contributed by atoms with Crippen LogP contribution in [0, 0.1) is 13.8 Å². The van der Waals surface area contributed by atoms with Crippen LogP contribution in [0.3, 0.4) is 0 Å². The van der Waals surface area contributed by atoms with Crippen molar-refractivity contribution in [3.63, 3.8) is 0 Å². The van der Waals surface area contributed by atoms with Gasteiger partial charge in [0.05, 0.1) is 16.1 Å². The minimum atomic E-state index is -1.71. The average molecular weight is 649 g/mol. The van der Waals surface area contributed by atoms with Crippen LogP contribution < -0.4 is 9.00 Å². The Morgan fingerprint density at radius 1 is 0.500 bits per heavy atom. The zero-order valence-electron chi connectivity index (χ0n) is 28.7. The quantitative estimate of drug-likeness (QED) is 0.193. The van der Waals surface area contributed by atoms with E-state index in [4.69, 9.17) is 0 Å². The molecule has 2 heterocycles. The zero-order valence-corrected chi connectivity index (χ0v) is 32.4. The molecule has 0 N–H and O–H groups in total. The summed E-state index contributed by atoms with van der Waals surface area (Å²) in [5.74, 6) is 0. The molecule has 4 aromatic rings. The van der Waals surface area contributed by atoms with E-state index < -0.39 is 16.1 Å². The fraction of sp³-hybridized carbons (Fsp3) is 0.350. The van der Waals surface area contributed by atoms with Crippen LogP contribution in [0.25, 0.3) is 22.3 Å². The summed E-state index contributed by atoms with van der Waals surface area (Å²) < 4.78 is 3.22. The van der Waals surface area contributed by atoms with E-state index >= 15 is 0 Å².